The fourth-order valence-electron chi connectivity index (χ4n) is 4.12. The van der Waals surface area contributed by atoms with Crippen LogP contribution in [-0.2, 0) is 15.1 Å². The lowest BCUT2D eigenvalue weighted by atomic mass is 9.90. The number of urea groups is 1. The van der Waals surface area contributed by atoms with E-state index in [0.29, 0.717) is 31.7 Å². The van der Waals surface area contributed by atoms with Gasteiger partial charge in [-0.2, -0.15) is 0 Å². The minimum atomic E-state index is -1.41. The molecule has 172 valence electrons. The van der Waals surface area contributed by atoms with Crippen LogP contribution in [0.15, 0.2) is 48.5 Å². The van der Waals surface area contributed by atoms with E-state index in [1.54, 1.807) is 29.2 Å². The summed E-state index contributed by atoms with van der Waals surface area (Å²) >= 11 is 0. The van der Waals surface area contributed by atoms with Crippen molar-refractivity contribution in [2.24, 2.45) is 5.73 Å². The molecule has 0 radical (unpaired) electrons. The smallest absolute Gasteiger partial charge is 0.325 e. The Hall–Kier alpha value is -3.95. The zero-order chi connectivity index (χ0) is 23.8. The molecule has 0 aliphatic carbocycles. The normalized spacial score (nSPS) is 20.7. The number of anilines is 1. The molecule has 0 spiro atoms. The number of rotatable bonds is 5. The van der Waals surface area contributed by atoms with Gasteiger partial charge >= 0.3 is 6.03 Å². The van der Waals surface area contributed by atoms with Crippen LogP contribution < -0.4 is 16.0 Å². The van der Waals surface area contributed by atoms with Crippen molar-refractivity contribution in [3.8, 4) is 0 Å². The Bertz CT molecular complexity index is 1110. The van der Waals surface area contributed by atoms with Gasteiger partial charge in [-0.15, -0.1) is 0 Å². The summed E-state index contributed by atoms with van der Waals surface area (Å²) in [5, 5.41) is 2.63. The maximum absolute atomic E-state index is 13.1. The van der Waals surface area contributed by atoms with Gasteiger partial charge in [-0.05, 0) is 48.9 Å². The second-order valence-electron chi connectivity index (χ2n) is 8.24. The van der Waals surface area contributed by atoms with Crippen LogP contribution in [-0.4, -0.2) is 66.3 Å². The number of amides is 5. The van der Waals surface area contributed by atoms with Gasteiger partial charge in [0.2, 0.25) is 11.8 Å². The molecule has 2 aromatic rings. The summed E-state index contributed by atoms with van der Waals surface area (Å²) in [7, 11) is 0. The fraction of sp³-hybridized carbons (Fsp3) is 0.304. The van der Waals surface area contributed by atoms with Gasteiger partial charge in [0.1, 0.15) is 17.9 Å². The molecular formula is C23H24FN5O4. The number of piperazine rings is 1. The molecular weight excluding hydrogens is 429 g/mol. The van der Waals surface area contributed by atoms with Gasteiger partial charge in [0, 0.05) is 37.4 Å². The van der Waals surface area contributed by atoms with E-state index in [1.807, 2.05) is 4.90 Å². The van der Waals surface area contributed by atoms with Crippen molar-refractivity contribution in [2.75, 3.05) is 37.6 Å². The predicted octanol–water partition coefficient (Wildman–Crippen LogP) is 1.04. The van der Waals surface area contributed by atoms with Crippen LogP contribution >= 0.6 is 0 Å². The lowest BCUT2D eigenvalue weighted by Crippen LogP contribution is -2.52. The van der Waals surface area contributed by atoms with Crippen LogP contribution in [0.4, 0.5) is 14.9 Å². The van der Waals surface area contributed by atoms with E-state index in [-0.39, 0.29) is 23.8 Å². The van der Waals surface area contributed by atoms with Crippen molar-refractivity contribution in [2.45, 2.75) is 12.5 Å². The highest BCUT2D eigenvalue weighted by Gasteiger charge is 2.50. The first-order valence-corrected chi connectivity index (χ1v) is 10.5. The molecule has 2 aromatic carbocycles. The van der Waals surface area contributed by atoms with Crippen LogP contribution in [0.2, 0.25) is 0 Å². The molecule has 3 N–H and O–H groups in total. The van der Waals surface area contributed by atoms with E-state index in [4.69, 9.17) is 5.73 Å². The second-order valence-corrected chi connectivity index (χ2v) is 8.24. The predicted molar refractivity (Wildman–Crippen MR) is 118 cm³/mol. The van der Waals surface area contributed by atoms with Gasteiger partial charge in [-0.25, -0.2) is 9.18 Å². The lowest BCUT2D eigenvalue weighted by Gasteiger charge is -2.36. The number of carbonyl (C=O) groups excluding carboxylic acids is 4. The third kappa shape index (κ3) is 4.23. The van der Waals surface area contributed by atoms with Gasteiger partial charge in [-0.1, -0.05) is 12.1 Å². The average molecular weight is 453 g/mol. The Labute approximate surface area is 189 Å². The molecule has 0 bridgehead atoms. The monoisotopic (exact) mass is 453 g/mol. The van der Waals surface area contributed by atoms with Gasteiger partial charge < -0.3 is 20.9 Å². The molecule has 5 amide bonds. The quantitative estimate of drug-likeness (QED) is 0.657. The highest BCUT2D eigenvalue weighted by atomic mass is 19.1. The third-order valence-electron chi connectivity index (χ3n) is 6.12. The third-order valence-corrected chi connectivity index (χ3v) is 6.12. The Kier molecular flexibility index (Phi) is 5.75. The van der Waals surface area contributed by atoms with E-state index in [2.05, 4.69) is 5.32 Å². The van der Waals surface area contributed by atoms with Gasteiger partial charge in [-0.3, -0.25) is 19.3 Å². The van der Waals surface area contributed by atoms with Crippen LogP contribution in [0.25, 0.3) is 0 Å². The number of nitrogens with zero attached hydrogens (tertiary/aromatic N) is 3. The first-order chi connectivity index (χ1) is 15.7. The maximum atomic E-state index is 13.1. The molecule has 0 saturated carbocycles. The number of nitrogens with one attached hydrogen (secondary N) is 1. The zero-order valence-corrected chi connectivity index (χ0v) is 18.1. The Morgan fingerprint density at radius 2 is 1.73 bits per heavy atom. The Balaban J connectivity index is 1.41. The van der Waals surface area contributed by atoms with Crippen LogP contribution in [0.1, 0.15) is 22.8 Å². The number of imide groups is 1. The summed E-state index contributed by atoms with van der Waals surface area (Å²) in [6.07, 6.45) is 0. The first kappa shape index (κ1) is 22.3. The van der Waals surface area contributed by atoms with Crippen molar-refractivity contribution in [3.05, 3.63) is 65.5 Å². The number of halogens is 1. The minimum Gasteiger partial charge on any atom is -0.368 e. The summed E-state index contributed by atoms with van der Waals surface area (Å²) in [5.74, 6) is -1.88. The summed E-state index contributed by atoms with van der Waals surface area (Å²) < 4.78 is 13.1. The van der Waals surface area contributed by atoms with E-state index in [9.17, 15) is 23.6 Å². The first-order valence-electron chi connectivity index (χ1n) is 10.5. The average Bonchev–Trinajstić information content (AvgIpc) is 3.03. The standard InChI is InChI=1S/C23H24FN5O4/c1-23(16-4-2-3-15(13-16)20(25)31)21(32)29(22(33)26-23)14-19(30)28-11-9-27(10-12-28)18-7-5-17(24)6-8-18/h2-8,13H,9-12,14H2,1H3,(H2,25,31)(H,26,33). The Morgan fingerprint density at radius 3 is 2.36 bits per heavy atom. The second kappa shape index (κ2) is 8.53. The molecule has 33 heavy (non-hydrogen) atoms. The lowest BCUT2D eigenvalue weighted by molar-refractivity contribution is -0.139. The molecule has 10 heteroatoms. The highest BCUT2D eigenvalue weighted by Crippen LogP contribution is 2.29. The maximum Gasteiger partial charge on any atom is 0.325 e. The van der Waals surface area contributed by atoms with E-state index >= 15 is 0 Å². The summed E-state index contributed by atoms with van der Waals surface area (Å²) in [6.45, 7) is 3.07. The van der Waals surface area contributed by atoms with Crippen LogP contribution in [0.3, 0.4) is 0 Å². The van der Waals surface area contributed by atoms with Gasteiger partial charge in [0.15, 0.2) is 0 Å². The van der Waals surface area contributed by atoms with Gasteiger partial charge in [0.05, 0.1) is 0 Å². The number of carbonyl (C=O) groups is 4. The number of hydrogen-bond acceptors (Lipinski definition) is 5. The molecule has 2 aliphatic rings. The van der Waals surface area contributed by atoms with Crippen molar-refractivity contribution in [1.82, 2.24) is 15.1 Å². The fourth-order valence-corrected chi connectivity index (χ4v) is 4.12. The number of benzene rings is 2. The zero-order valence-electron chi connectivity index (χ0n) is 18.1. The number of nitrogens with two attached hydrogens (primary N) is 1. The van der Waals surface area contributed by atoms with Crippen molar-refractivity contribution >= 4 is 29.4 Å². The van der Waals surface area contributed by atoms with Crippen LogP contribution in [0.5, 0.6) is 0 Å². The molecule has 2 heterocycles. The Morgan fingerprint density at radius 1 is 1.06 bits per heavy atom. The van der Waals surface area contributed by atoms with Crippen molar-refractivity contribution < 1.29 is 23.6 Å². The molecule has 9 nitrogen and oxygen atoms in total. The summed E-state index contributed by atoms with van der Waals surface area (Å²) in [6, 6.07) is 11.7. The topological polar surface area (TPSA) is 116 Å². The molecule has 0 aromatic heterocycles. The van der Waals surface area contributed by atoms with Gasteiger partial charge in [0.25, 0.3) is 5.91 Å². The summed E-state index contributed by atoms with van der Waals surface area (Å²) in [5.41, 5.74) is 5.39. The largest absolute Gasteiger partial charge is 0.368 e. The highest BCUT2D eigenvalue weighted by molar-refractivity contribution is 6.09. The molecule has 1 unspecified atom stereocenters. The molecule has 4 rings (SSSR count). The van der Waals surface area contributed by atoms with E-state index in [0.717, 1.165) is 10.6 Å². The van der Waals surface area contributed by atoms with Crippen LogP contribution in [0, 0.1) is 5.82 Å². The molecule has 1 atom stereocenters. The van der Waals surface area contributed by atoms with Crippen molar-refractivity contribution in [1.29, 1.82) is 0 Å². The van der Waals surface area contributed by atoms with Crippen molar-refractivity contribution in [3.63, 3.8) is 0 Å². The van der Waals surface area contributed by atoms with E-state index in [1.165, 1.54) is 31.2 Å². The molecule has 2 aliphatic heterocycles. The molecule has 2 fully saturated rings. The molecule has 2 saturated heterocycles. The summed E-state index contributed by atoms with van der Waals surface area (Å²) in [4.78, 5) is 54.6. The number of hydrogen-bond donors (Lipinski definition) is 2. The number of primary amides is 1. The SMILES string of the molecule is CC1(c2cccc(C(N)=O)c2)NC(=O)N(CC(=O)N2CCN(c3ccc(F)cc3)CC2)C1=O. The minimum absolute atomic E-state index is 0.212. The van der Waals surface area contributed by atoms with E-state index < -0.39 is 23.4 Å².